The number of rotatable bonds is 3. The van der Waals surface area contributed by atoms with Gasteiger partial charge in [-0.3, -0.25) is 0 Å². The Balaban J connectivity index is 2.21. The number of aromatic nitrogens is 3. The van der Waals surface area contributed by atoms with E-state index in [1.54, 1.807) is 12.3 Å². The topological polar surface area (TPSA) is 77.8 Å². The molecule has 84 valence electrons. The van der Waals surface area contributed by atoms with Crippen LogP contribution in [0, 0.1) is 5.92 Å². The highest BCUT2D eigenvalue weighted by Gasteiger charge is 2.09. The van der Waals surface area contributed by atoms with Crippen molar-refractivity contribution in [1.29, 1.82) is 0 Å². The third-order valence-electron chi connectivity index (χ3n) is 2.09. The van der Waals surface area contributed by atoms with Gasteiger partial charge < -0.3 is 10.3 Å². The molecular formula is C11H14N4O. The van der Waals surface area contributed by atoms with Crippen LogP contribution in [0.3, 0.4) is 0 Å². The van der Waals surface area contributed by atoms with Gasteiger partial charge in [-0.05, 0) is 18.1 Å². The van der Waals surface area contributed by atoms with Gasteiger partial charge in [0, 0.05) is 12.6 Å². The molecule has 2 aromatic heterocycles. The molecule has 0 aliphatic carbocycles. The summed E-state index contributed by atoms with van der Waals surface area (Å²) in [6, 6.07) is 3.52. The van der Waals surface area contributed by atoms with E-state index in [0.29, 0.717) is 17.6 Å². The summed E-state index contributed by atoms with van der Waals surface area (Å²) in [4.78, 5) is 8.27. The maximum atomic E-state index is 5.50. The van der Waals surface area contributed by atoms with Crippen molar-refractivity contribution in [2.75, 3.05) is 5.73 Å². The first-order chi connectivity index (χ1) is 7.65. The van der Waals surface area contributed by atoms with Gasteiger partial charge in [-0.2, -0.15) is 4.98 Å². The van der Waals surface area contributed by atoms with Crippen LogP contribution in [0.15, 0.2) is 22.9 Å². The van der Waals surface area contributed by atoms with Crippen LogP contribution in [0.25, 0.3) is 11.5 Å². The van der Waals surface area contributed by atoms with E-state index in [9.17, 15) is 0 Å². The summed E-state index contributed by atoms with van der Waals surface area (Å²) in [6.07, 6.45) is 2.44. The number of nitrogens with two attached hydrogens (primary N) is 1. The Bertz CT molecular complexity index is 461. The molecule has 0 saturated heterocycles. The Hall–Kier alpha value is -1.91. The minimum atomic E-state index is 0.477. The first kappa shape index (κ1) is 10.6. The van der Waals surface area contributed by atoms with Crippen LogP contribution in [-0.2, 0) is 6.42 Å². The Kier molecular flexibility index (Phi) is 2.85. The Morgan fingerprint density at radius 1 is 1.38 bits per heavy atom. The molecule has 2 N–H and O–H groups in total. The zero-order valence-electron chi connectivity index (χ0n) is 9.34. The molecule has 16 heavy (non-hydrogen) atoms. The van der Waals surface area contributed by atoms with Crippen molar-refractivity contribution < 1.29 is 4.52 Å². The summed E-state index contributed by atoms with van der Waals surface area (Å²) in [7, 11) is 0. The van der Waals surface area contributed by atoms with Gasteiger partial charge in [-0.1, -0.05) is 19.0 Å². The van der Waals surface area contributed by atoms with Crippen LogP contribution in [0.5, 0.6) is 0 Å². The van der Waals surface area contributed by atoms with Crippen LogP contribution in [0.1, 0.15) is 19.7 Å². The Labute approximate surface area is 93.7 Å². The summed E-state index contributed by atoms with van der Waals surface area (Å²) in [5.74, 6) is 2.20. The fourth-order valence-electron chi connectivity index (χ4n) is 1.35. The third kappa shape index (κ3) is 2.36. The molecule has 0 aromatic carbocycles. The van der Waals surface area contributed by atoms with E-state index < -0.39 is 0 Å². The molecule has 0 radical (unpaired) electrons. The predicted molar refractivity (Wildman–Crippen MR) is 60.5 cm³/mol. The van der Waals surface area contributed by atoms with Crippen molar-refractivity contribution in [1.82, 2.24) is 15.1 Å². The van der Waals surface area contributed by atoms with E-state index in [-0.39, 0.29) is 0 Å². The molecule has 0 amide bonds. The van der Waals surface area contributed by atoms with Crippen molar-refractivity contribution in [3.8, 4) is 11.5 Å². The molecule has 0 unspecified atom stereocenters. The van der Waals surface area contributed by atoms with Gasteiger partial charge in [0.25, 0.3) is 5.89 Å². The molecule has 0 saturated carbocycles. The standard InChI is InChI=1S/C11H14N4O/c1-7(2)5-10-14-11(16-15-10)8-3-4-9(12)13-6-8/h3-4,6-7H,5H2,1-2H3,(H2,12,13). The predicted octanol–water partition coefficient (Wildman–Crippen LogP) is 1.91. The summed E-state index contributed by atoms with van der Waals surface area (Å²) < 4.78 is 5.15. The minimum Gasteiger partial charge on any atom is -0.384 e. The highest BCUT2D eigenvalue weighted by Crippen LogP contribution is 2.17. The van der Waals surface area contributed by atoms with E-state index in [1.807, 2.05) is 6.07 Å². The lowest BCUT2D eigenvalue weighted by molar-refractivity contribution is 0.417. The van der Waals surface area contributed by atoms with Crippen molar-refractivity contribution in [2.45, 2.75) is 20.3 Å². The van der Waals surface area contributed by atoms with E-state index in [1.165, 1.54) is 0 Å². The van der Waals surface area contributed by atoms with Crippen LogP contribution >= 0.6 is 0 Å². The number of nitrogens with zero attached hydrogens (tertiary/aromatic N) is 3. The lowest BCUT2D eigenvalue weighted by Gasteiger charge is -1.96. The van der Waals surface area contributed by atoms with Gasteiger partial charge in [0.1, 0.15) is 5.82 Å². The van der Waals surface area contributed by atoms with Crippen LogP contribution in [0.4, 0.5) is 5.82 Å². The normalized spacial score (nSPS) is 10.9. The molecule has 0 aliphatic rings. The van der Waals surface area contributed by atoms with Crippen LogP contribution in [-0.4, -0.2) is 15.1 Å². The van der Waals surface area contributed by atoms with Crippen molar-refractivity contribution in [2.24, 2.45) is 5.92 Å². The molecule has 2 aromatic rings. The number of hydrogen-bond acceptors (Lipinski definition) is 5. The molecule has 0 fully saturated rings. The summed E-state index contributed by atoms with van der Waals surface area (Å²) >= 11 is 0. The highest BCUT2D eigenvalue weighted by molar-refractivity contribution is 5.53. The van der Waals surface area contributed by atoms with E-state index in [4.69, 9.17) is 10.3 Å². The Morgan fingerprint density at radius 3 is 2.81 bits per heavy atom. The summed E-state index contributed by atoms with van der Waals surface area (Å²) in [5.41, 5.74) is 6.29. The largest absolute Gasteiger partial charge is 0.384 e. The monoisotopic (exact) mass is 218 g/mol. The van der Waals surface area contributed by atoms with Crippen molar-refractivity contribution >= 4 is 5.82 Å². The van der Waals surface area contributed by atoms with E-state index in [0.717, 1.165) is 17.8 Å². The number of nitrogen functional groups attached to an aromatic ring is 1. The van der Waals surface area contributed by atoms with Gasteiger partial charge in [0.05, 0.1) is 5.56 Å². The molecule has 2 heterocycles. The lowest BCUT2D eigenvalue weighted by Crippen LogP contribution is -1.95. The number of pyridine rings is 1. The molecule has 0 bridgehead atoms. The van der Waals surface area contributed by atoms with Crippen molar-refractivity contribution in [3.63, 3.8) is 0 Å². The molecule has 0 aliphatic heterocycles. The van der Waals surface area contributed by atoms with E-state index in [2.05, 4.69) is 29.0 Å². The zero-order valence-corrected chi connectivity index (χ0v) is 9.34. The van der Waals surface area contributed by atoms with Gasteiger partial charge >= 0.3 is 0 Å². The van der Waals surface area contributed by atoms with Gasteiger partial charge in [-0.15, -0.1) is 0 Å². The van der Waals surface area contributed by atoms with Gasteiger partial charge in [0.2, 0.25) is 0 Å². The molecule has 0 spiro atoms. The second kappa shape index (κ2) is 4.30. The average Bonchev–Trinajstić information content (AvgIpc) is 2.66. The first-order valence-corrected chi connectivity index (χ1v) is 5.19. The fraction of sp³-hybridized carbons (Fsp3) is 0.364. The first-order valence-electron chi connectivity index (χ1n) is 5.19. The fourth-order valence-corrected chi connectivity index (χ4v) is 1.35. The maximum absolute atomic E-state index is 5.50. The smallest absolute Gasteiger partial charge is 0.259 e. The molecular weight excluding hydrogens is 204 g/mol. The SMILES string of the molecule is CC(C)Cc1noc(-c2ccc(N)nc2)n1. The zero-order chi connectivity index (χ0) is 11.5. The van der Waals surface area contributed by atoms with E-state index >= 15 is 0 Å². The van der Waals surface area contributed by atoms with Crippen LogP contribution < -0.4 is 5.73 Å². The van der Waals surface area contributed by atoms with Gasteiger partial charge in [0.15, 0.2) is 5.82 Å². The molecule has 2 rings (SSSR count). The summed E-state index contributed by atoms with van der Waals surface area (Å²) in [6.45, 7) is 4.22. The van der Waals surface area contributed by atoms with Crippen molar-refractivity contribution in [3.05, 3.63) is 24.2 Å². The second-order valence-electron chi connectivity index (χ2n) is 4.09. The van der Waals surface area contributed by atoms with Crippen LogP contribution in [0.2, 0.25) is 0 Å². The average molecular weight is 218 g/mol. The Morgan fingerprint density at radius 2 is 2.19 bits per heavy atom. The number of hydrogen-bond donors (Lipinski definition) is 1. The summed E-state index contributed by atoms with van der Waals surface area (Å²) in [5, 5.41) is 3.91. The quantitative estimate of drug-likeness (QED) is 0.851. The maximum Gasteiger partial charge on any atom is 0.259 e. The van der Waals surface area contributed by atoms with Gasteiger partial charge in [-0.25, -0.2) is 4.98 Å². The minimum absolute atomic E-state index is 0.477. The second-order valence-corrected chi connectivity index (χ2v) is 4.09. The number of anilines is 1. The molecule has 5 heteroatoms. The lowest BCUT2D eigenvalue weighted by atomic mass is 10.1. The highest BCUT2D eigenvalue weighted by atomic mass is 16.5. The molecule has 0 atom stereocenters. The molecule has 5 nitrogen and oxygen atoms in total. The third-order valence-corrected chi connectivity index (χ3v) is 2.09.